The fraction of sp³-hybridized carbons (Fsp3) is 0.176. The number of rotatable bonds is 4. The molecule has 0 aliphatic carbocycles. The van der Waals surface area contributed by atoms with Gasteiger partial charge in [0.25, 0.3) is 0 Å². The molecular formula is C17H16N2O2. The normalized spacial score (nSPS) is 13.0. The van der Waals surface area contributed by atoms with Crippen LogP contribution in [0.1, 0.15) is 11.1 Å². The molecule has 0 saturated carbocycles. The summed E-state index contributed by atoms with van der Waals surface area (Å²) in [5.41, 5.74) is 3.65. The van der Waals surface area contributed by atoms with E-state index in [1.54, 1.807) is 0 Å². The molecule has 0 radical (unpaired) electrons. The number of benzene rings is 2. The van der Waals surface area contributed by atoms with E-state index in [4.69, 9.17) is 9.47 Å². The molecular weight excluding hydrogens is 264 g/mol. The molecule has 0 amide bonds. The first kappa shape index (κ1) is 12.3. The van der Waals surface area contributed by atoms with E-state index in [1.165, 1.54) is 22.0 Å². The van der Waals surface area contributed by atoms with Crippen LogP contribution in [0.15, 0.2) is 48.7 Å². The first-order valence-electron chi connectivity index (χ1n) is 7.04. The second-order valence-corrected chi connectivity index (χ2v) is 5.19. The number of aromatic nitrogens is 1. The van der Waals surface area contributed by atoms with Gasteiger partial charge >= 0.3 is 0 Å². The van der Waals surface area contributed by atoms with Crippen LogP contribution >= 0.6 is 0 Å². The minimum absolute atomic E-state index is 0.322. The van der Waals surface area contributed by atoms with Crippen molar-refractivity contribution < 1.29 is 9.47 Å². The minimum atomic E-state index is 0.322. The molecule has 4 heteroatoms. The van der Waals surface area contributed by atoms with Crippen molar-refractivity contribution >= 4 is 10.9 Å². The fourth-order valence-electron chi connectivity index (χ4n) is 2.61. The molecule has 2 aromatic carbocycles. The zero-order valence-electron chi connectivity index (χ0n) is 11.6. The van der Waals surface area contributed by atoms with Gasteiger partial charge in [-0.05, 0) is 46.8 Å². The predicted molar refractivity (Wildman–Crippen MR) is 81.4 cm³/mol. The van der Waals surface area contributed by atoms with Crippen LogP contribution in [0.3, 0.4) is 0 Å². The Morgan fingerprint density at radius 1 is 0.905 bits per heavy atom. The maximum atomic E-state index is 5.39. The Labute approximate surface area is 122 Å². The van der Waals surface area contributed by atoms with Crippen LogP contribution in [0.5, 0.6) is 11.5 Å². The molecule has 106 valence electrons. The lowest BCUT2D eigenvalue weighted by Gasteiger charge is -2.06. The van der Waals surface area contributed by atoms with Gasteiger partial charge in [-0.3, -0.25) is 0 Å². The van der Waals surface area contributed by atoms with Crippen molar-refractivity contribution in [3.8, 4) is 11.5 Å². The van der Waals surface area contributed by atoms with E-state index in [0.29, 0.717) is 6.79 Å². The van der Waals surface area contributed by atoms with E-state index in [0.717, 1.165) is 24.6 Å². The molecule has 3 aromatic rings. The molecule has 2 heterocycles. The highest BCUT2D eigenvalue weighted by molar-refractivity contribution is 5.79. The third-order valence-electron chi connectivity index (χ3n) is 3.71. The van der Waals surface area contributed by atoms with Crippen molar-refractivity contribution in [2.75, 3.05) is 6.79 Å². The van der Waals surface area contributed by atoms with Crippen LogP contribution in [-0.2, 0) is 13.1 Å². The van der Waals surface area contributed by atoms with Crippen LogP contribution in [0.4, 0.5) is 0 Å². The molecule has 0 spiro atoms. The van der Waals surface area contributed by atoms with Gasteiger partial charge in [0.2, 0.25) is 6.79 Å². The minimum Gasteiger partial charge on any atom is -0.454 e. The van der Waals surface area contributed by atoms with Gasteiger partial charge in [-0.15, -0.1) is 0 Å². The second kappa shape index (κ2) is 5.14. The van der Waals surface area contributed by atoms with Gasteiger partial charge in [0.05, 0.1) is 0 Å². The number of ether oxygens (including phenoxy) is 2. The molecule has 0 unspecified atom stereocenters. The average molecular weight is 280 g/mol. The van der Waals surface area contributed by atoms with E-state index < -0.39 is 0 Å². The quantitative estimate of drug-likeness (QED) is 0.771. The van der Waals surface area contributed by atoms with Gasteiger partial charge in [0.1, 0.15) is 0 Å². The van der Waals surface area contributed by atoms with Crippen molar-refractivity contribution in [2.24, 2.45) is 0 Å². The van der Waals surface area contributed by atoms with E-state index in [2.05, 4.69) is 40.6 Å². The molecule has 4 nitrogen and oxygen atoms in total. The number of nitrogens with one attached hydrogen (secondary N) is 2. The maximum absolute atomic E-state index is 5.39. The summed E-state index contributed by atoms with van der Waals surface area (Å²) in [5.74, 6) is 1.67. The van der Waals surface area contributed by atoms with Gasteiger partial charge in [0.15, 0.2) is 11.5 Å². The monoisotopic (exact) mass is 280 g/mol. The van der Waals surface area contributed by atoms with Gasteiger partial charge in [0, 0.05) is 24.8 Å². The Balaban J connectivity index is 1.40. The molecule has 0 fully saturated rings. The Kier molecular flexibility index (Phi) is 3.01. The Bertz CT molecular complexity index is 779. The topological polar surface area (TPSA) is 46.3 Å². The summed E-state index contributed by atoms with van der Waals surface area (Å²) in [6, 6.07) is 14.6. The summed E-state index contributed by atoms with van der Waals surface area (Å²) in [4.78, 5) is 3.21. The third kappa shape index (κ3) is 2.45. The summed E-state index contributed by atoms with van der Waals surface area (Å²) in [7, 11) is 0. The van der Waals surface area contributed by atoms with Crippen molar-refractivity contribution in [3.63, 3.8) is 0 Å². The smallest absolute Gasteiger partial charge is 0.231 e. The summed E-state index contributed by atoms with van der Waals surface area (Å²) in [5, 5.41) is 4.71. The second-order valence-electron chi connectivity index (χ2n) is 5.19. The van der Waals surface area contributed by atoms with Gasteiger partial charge in [-0.25, -0.2) is 0 Å². The summed E-state index contributed by atoms with van der Waals surface area (Å²) in [6.45, 7) is 1.97. The van der Waals surface area contributed by atoms with E-state index in [-0.39, 0.29) is 0 Å². The predicted octanol–water partition coefficient (Wildman–Crippen LogP) is 3.19. The Morgan fingerprint density at radius 2 is 1.71 bits per heavy atom. The molecule has 4 rings (SSSR count). The first-order valence-corrected chi connectivity index (χ1v) is 7.04. The SMILES string of the molecule is c1cc2cc(CNCc3ccc4c(c3)OCO4)ccc2[nH]1. The van der Waals surface area contributed by atoms with Crippen LogP contribution in [0, 0.1) is 0 Å². The van der Waals surface area contributed by atoms with Crippen LogP contribution in [0.25, 0.3) is 10.9 Å². The van der Waals surface area contributed by atoms with Crippen LogP contribution < -0.4 is 14.8 Å². The summed E-state index contributed by atoms with van der Waals surface area (Å²) < 4.78 is 10.7. The Morgan fingerprint density at radius 3 is 2.67 bits per heavy atom. The lowest BCUT2D eigenvalue weighted by molar-refractivity contribution is 0.174. The first-order chi connectivity index (χ1) is 10.4. The molecule has 1 aliphatic heterocycles. The number of hydrogen-bond donors (Lipinski definition) is 2. The van der Waals surface area contributed by atoms with Crippen molar-refractivity contribution in [1.29, 1.82) is 0 Å². The van der Waals surface area contributed by atoms with Gasteiger partial charge in [-0.1, -0.05) is 12.1 Å². The zero-order valence-corrected chi connectivity index (χ0v) is 11.6. The third-order valence-corrected chi connectivity index (χ3v) is 3.71. The van der Waals surface area contributed by atoms with Crippen LogP contribution in [0.2, 0.25) is 0 Å². The highest BCUT2D eigenvalue weighted by Crippen LogP contribution is 2.32. The molecule has 0 atom stereocenters. The summed E-state index contributed by atoms with van der Waals surface area (Å²) in [6.07, 6.45) is 1.97. The number of aromatic amines is 1. The lowest BCUT2D eigenvalue weighted by atomic mass is 10.1. The van der Waals surface area contributed by atoms with Crippen molar-refractivity contribution in [2.45, 2.75) is 13.1 Å². The lowest BCUT2D eigenvalue weighted by Crippen LogP contribution is -2.12. The van der Waals surface area contributed by atoms with Gasteiger partial charge in [-0.2, -0.15) is 0 Å². The number of hydrogen-bond acceptors (Lipinski definition) is 3. The number of H-pyrrole nitrogens is 1. The van der Waals surface area contributed by atoms with Crippen molar-refractivity contribution in [1.82, 2.24) is 10.3 Å². The fourth-order valence-corrected chi connectivity index (χ4v) is 2.61. The number of fused-ring (bicyclic) bond motifs is 2. The van der Waals surface area contributed by atoms with E-state index >= 15 is 0 Å². The molecule has 2 N–H and O–H groups in total. The molecule has 1 aliphatic rings. The average Bonchev–Trinajstić information content (AvgIpc) is 3.14. The van der Waals surface area contributed by atoms with Crippen molar-refractivity contribution in [3.05, 3.63) is 59.8 Å². The molecule has 0 saturated heterocycles. The Hall–Kier alpha value is -2.46. The molecule has 0 bridgehead atoms. The van der Waals surface area contributed by atoms with Crippen LogP contribution in [-0.4, -0.2) is 11.8 Å². The maximum Gasteiger partial charge on any atom is 0.231 e. The molecule has 21 heavy (non-hydrogen) atoms. The highest BCUT2D eigenvalue weighted by atomic mass is 16.7. The summed E-state index contributed by atoms with van der Waals surface area (Å²) >= 11 is 0. The molecule has 1 aromatic heterocycles. The standard InChI is InChI=1S/C17H16N2O2/c1-3-15-14(5-6-19-15)7-12(1)9-18-10-13-2-4-16-17(8-13)21-11-20-16/h1-8,18-19H,9-11H2. The highest BCUT2D eigenvalue weighted by Gasteiger charge is 2.12. The van der Waals surface area contributed by atoms with E-state index in [1.807, 2.05) is 18.3 Å². The largest absolute Gasteiger partial charge is 0.454 e. The van der Waals surface area contributed by atoms with E-state index in [9.17, 15) is 0 Å². The zero-order chi connectivity index (χ0) is 14.1. The van der Waals surface area contributed by atoms with Gasteiger partial charge < -0.3 is 19.8 Å².